The summed E-state index contributed by atoms with van der Waals surface area (Å²) in [6.45, 7) is 5.89. The first-order valence-electron chi connectivity index (χ1n) is 6.11. The van der Waals surface area contributed by atoms with Crippen LogP contribution in [-0.2, 0) is 4.79 Å². The van der Waals surface area contributed by atoms with Gasteiger partial charge in [-0.1, -0.05) is 15.9 Å². The van der Waals surface area contributed by atoms with Crippen molar-refractivity contribution >= 4 is 27.8 Å². The van der Waals surface area contributed by atoms with Gasteiger partial charge in [-0.3, -0.25) is 9.59 Å². The van der Waals surface area contributed by atoms with Gasteiger partial charge >= 0.3 is 5.97 Å². The highest BCUT2D eigenvalue weighted by molar-refractivity contribution is 9.10. The van der Waals surface area contributed by atoms with E-state index in [9.17, 15) is 9.59 Å². The zero-order valence-corrected chi connectivity index (χ0v) is 12.9. The molecule has 4 nitrogen and oxygen atoms in total. The zero-order chi connectivity index (χ0) is 14.6. The van der Waals surface area contributed by atoms with Gasteiger partial charge in [0.05, 0.1) is 6.42 Å². The number of rotatable bonds is 5. The number of hydrogen-bond donors (Lipinski definition) is 1. The molecule has 0 aliphatic heterocycles. The number of hydrogen-bond acceptors (Lipinski definition) is 2. The summed E-state index contributed by atoms with van der Waals surface area (Å²) < 4.78 is 0.845. The van der Waals surface area contributed by atoms with E-state index in [1.807, 2.05) is 32.9 Å². The Labute approximate surface area is 121 Å². The molecule has 1 amide bonds. The van der Waals surface area contributed by atoms with Gasteiger partial charge in [-0.15, -0.1) is 0 Å². The van der Waals surface area contributed by atoms with E-state index in [-0.39, 0.29) is 24.9 Å². The Balaban J connectivity index is 2.95. The van der Waals surface area contributed by atoms with Crippen molar-refractivity contribution < 1.29 is 14.7 Å². The summed E-state index contributed by atoms with van der Waals surface area (Å²) in [5.41, 5.74) is 1.56. The molecule has 0 unspecified atom stereocenters. The molecule has 0 saturated heterocycles. The molecule has 0 saturated carbocycles. The Hall–Kier alpha value is -1.36. The van der Waals surface area contributed by atoms with Crippen LogP contribution in [0.4, 0.5) is 0 Å². The average molecular weight is 328 g/mol. The third-order valence-corrected chi connectivity index (χ3v) is 3.20. The molecule has 19 heavy (non-hydrogen) atoms. The summed E-state index contributed by atoms with van der Waals surface area (Å²) in [5, 5.41) is 8.74. The van der Waals surface area contributed by atoms with E-state index in [0.717, 1.165) is 10.0 Å². The van der Waals surface area contributed by atoms with Gasteiger partial charge in [0.15, 0.2) is 0 Å². The second-order valence-corrected chi connectivity index (χ2v) is 5.67. The maximum atomic E-state index is 12.4. The van der Waals surface area contributed by atoms with Crippen molar-refractivity contribution in [2.75, 3.05) is 6.54 Å². The van der Waals surface area contributed by atoms with E-state index >= 15 is 0 Å². The van der Waals surface area contributed by atoms with Crippen LogP contribution in [0.25, 0.3) is 0 Å². The van der Waals surface area contributed by atoms with Crippen LogP contribution in [0.1, 0.15) is 36.2 Å². The van der Waals surface area contributed by atoms with Gasteiger partial charge in [-0.25, -0.2) is 0 Å². The second-order valence-electron chi connectivity index (χ2n) is 4.75. The topological polar surface area (TPSA) is 57.6 Å². The summed E-state index contributed by atoms with van der Waals surface area (Å²) in [6.07, 6.45) is -0.0447. The van der Waals surface area contributed by atoms with Crippen molar-refractivity contribution in [3.63, 3.8) is 0 Å². The fourth-order valence-electron chi connectivity index (χ4n) is 1.84. The summed E-state index contributed by atoms with van der Waals surface area (Å²) in [5.74, 6) is -1.04. The van der Waals surface area contributed by atoms with Gasteiger partial charge in [-0.2, -0.15) is 0 Å². The lowest BCUT2D eigenvalue weighted by molar-refractivity contribution is -0.137. The van der Waals surface area contributed by atoms with Crippen molar-refractivity contribution in [1.29, 1.82) is 0 Å². The first kappa shape index (κ1) is 15.7. The molecule has 1 aromatic carbocycles. The standard InChI is InChI=1S/C14H18BrNO3/c1-9(2)16(5-4-13(17)18)14(19)11-6-10(3)7-12(15)8-11/h6-9H,4-5H2,1-3H3,(H,17,18). The van der Waals surface area contributed by atoms with E-state index in [2.05, 4.69) is 15.9 Å². The Morgan fingerprint density at radius 3 is 2.42 bits per heavy atom. The Morgan fingerprint density at radius 1 is 1.32 bits per heavy atom. The molecule has 0 heterocycles. The zero-order valence-electron chi connectivity index (χ0n) is 11.3. The highest BCUT2D eigenvalue weighted by Crippen LogP contribution is 2.18. The predicted molar refractivity (Wildman–Crippen MR) is 77.3 cm³/mol. The van der Waals surface area contributed by atoms with Crippen LogP contribution in [0.5, 0.6) is 0 Å². The monoisotopic (exact) mass is 327 g/mol. The molecular formula is C14H18BrNO3. The van der Waals surface area contributed by atoms with Crippen molar-refractivity contribution in [3.05, 3.63) is 33.8 Å². The molecule has 1 aromatic rings. The minimum atomic E-state index is -0.899. The van der Waals surface area contributed by atoms with Crippen LogP contribution >= 0.6 is 15.9 Å². The molecule has 0 spiro atoms. The quantitative estimate of drug-likeness (QED) is 0.904. The maximum Gasteiger partial charge on any atom is 0.305 e. The molecular weight excluding hydrogens is 310 g/mol. The smallest absolute Gasteiger partial charge is 0.305 e. The van der Waals surface area contributed by atoms with Crippen LogP contribution in [0.3, 0.4) is 0 Å². The van der Waals surface area contributed by atoms with Crippen LogP contribution < -0.4 is 0 Å². The molecule has 0 aliphatic carbocycles. The highest BCUT2D eigenvalue weighted by atomic mass is 79.9. The molecule has 0 atom stereocenters. The number of benzene rings is 1. The number of aryl methyl sites for hydroxylation is 1. The Kier molecular flexibility index (Phi) is 5.54. The lowest BCUT2D eigenvalue weighted by atomic mass is 10.1. The minimum absolute atomic E-state index is 0.0360. The average Bonchev–Trinajstić information content (AvgIpc) is 2.26. The number of halogens is 1. The molecule has 104 valence electrons. The molecule has 0 aromatic heterocycles. The summed E-state index contributed by atoms with van der Waals surface area (Å²) in [7, 11) is 0. The number of carboxylic acid groups (broad SMARTS) is 1. The summed E-state index contributed by atoms with van der Waals surface area (Å²) in [6, 6.07) is 5.45. The van der Waals surface area contributed by atoms with Gasteiger partial charge in [0.2, 0.25) is 0 Å². The molecule has 0 bridgehead atoms. The van der Waals surface area contributed by atoms with Gasteiger partial charge in [0.1, 0.15) is 0 Å². The fraction of sp³-hybridized carbons (Fsp3) is 0.429. The molecule has 1 N–H and O–H groups in total. The van der Waals surface area contributed by atoms with E-state index in [1.54, 1.807) is 11.0 Å². The van der Waals surface area contributed by atoms with Crippen molar-refractivity contribution in [1.82, 2.24) is 4.90 Å². The first-order valence-corrected chi connectivity index (χ1v) is 6.90. The number of carbonyl (C=O) groups is 2. The third-order valence-electron chi connectivity index (χ3n) is 2.74. The molecule has 0 radical (unpaired) electrons. The normalized spacial score (nSPS) is 10.6. The maximum absolute atomic E-state index is 12.4. The van der Waals surface area contributed by atoms with E-state index in [1.165, 1.54) is 0 Å². The molecule has 0 aliphatic rings. The number of carboxylic acids is 1. The molecule has 1 rings (SSSR count). The number of nitrogens with zero attached hydrogens (tertiary/aromatic N) is 1. The van der Waals surface area contributed by atoms with Gasteiger partial charge in [0.25, 0.3) is 5.91 Å². The van der Waals surface area contributed by atoms with E-state index in [0.29, 0.717) is 5.56 Å². The first-order chi connectivity index (χ1) is 8.81. The van der Waals surface area contributed by atoms with Crippen LogP contribution in [0, 0.1) is 6.92 Å². The van der Waals surface area contributed by atoms with Gasteiger partial charge < -0.3 is 10.0 Å². The largest absolute Gasteiger partial charge is 0.481 e. The van der Waals surface area contributed by atoms with Crippen molar-refractivity contribution in [3.8, 4) is 0 Å². The molecule has 0 fully saturated rings. The second kappa shape index (κ2) is 6.70. The number of amides is 1. The highest BCUT2D eigenvalue weighted by Gasteiger charge is 2.20. The van der Waals surface area contributed by atoms with Gasteiger partial charge in [0, 0.05) is 22.6 Å². The van der Waals surface area contributed by atoms with Gasteiger partial charge in [-0.05, 0) is 44.5 Å². The predicted octanol–water partition coefficient (Wildman–Crippen LogP) is 3.08. The Morgan fingerprint density at radius 2 is 1.95 bits per heavy atom. The summed E-state index contributed by atoms with van der Waals surface area (Å²) >= 11 is 3.36. The number of carbonyl (C=O) groups excluding carboxylic acids is 1. The SMILES string of the molecule is Cc1cc(Br)cc(C(=O)N(CCC(=O)O)C(C)C)c1. The molecule has 5 heteroatoms. The van der Waals surface area contributed by atoms with Crippen molar-refractivity contribution in [2.45, 2.75) is 33.2 Å². The third kappa shape index (κ3) is 4.67. The number of aliphatic carboxylic acids is 1. The fourth-order valence-corrected chi connectivity index (χ4v) is 2.44. The van der Waals surface area contributed by atoms with E-state index < -0.39 is 5.97 Å². The Bertz CT molecular complexity index is 465. The van der Waals surface area contributed by atoms with Crippen LogP contribution in [0.2, 0.25) is 0 Å². The summed E-state index contributed by atoms with van der Waals surface area (Å²) in [4.78, 5) is 24.6. The minimum Gasteiger partial charge on any atom is -0.481 e. The van der Waals surface area contributed by atoms with Crippen LogP contribution in [0.15, 0.2) is 22.7 Å². The lowest BCUT2D eigenvalue weighted by Crippen LogP contribution is -2.38. The van der Waals surface area contributed by atoms with Crippen LogP contribution in [-0.4, -0.2) is 34.5 Å². The van der Waals surface area contributed by atoms with E-state index in [4.69, 9.17) is 5.11 Å². The van der Waals surface area contributed by atoms with Crippen molar-refractivity contribution in [2.24, 2.45) is 0 Å². The lowest BCUT2D eigenvalue weighted by Gasteiger charge is -2.26.